The van der Waals surface area contributed by atoms with Gasteiger partial charge in [-0.2, -0.15) is 5.26 Å². The highest BCUT2D eigenvalue weighted by molar-refractivity contribution is 6.32. The first kappa shape index (κ1) is 16.2. The molecule has 0 amide bonds. The number of non-ortho nitro benzene ring substituents is 1. The lowest BCUT2D eigenvalue weighted by atomic mass is 10.0. The third-order valence-corrected chi connectivity index (χ3v) is 3.40. The Morgan fingerprint density at radius 3 is 2.35 bits per heavy atom. The Bertz CT molecular complexity index is 851. The van der Waals surface area contributed by atoms with E-state index in [-0.39, 0.29) is 21.8 Å². The van der Waals surface area contributed by atoms with Crippen molar-refractivity contribution in [1.29, 1.82) is 5.26 Å². The van der Waals surface area contributed by atoms with Crippen LogP contribution in [-0.4, -0.2) is 16.0 Å². The van der Waals surface area contributed by atoms with Crippen LogP contribution in [0.15, 0.2) is 42.5 Å². The zero-order valence-corrected chi connectivity index (χ0v) is 12.3. The number of hydrogen-bond donors (Lipinski definition) is 1. The number of carboxylic acid groups (broad SMARTS) is 1. The average molecular weight is 329 g/mol. The number of aromatic carboxylic acids is 1. The molecule has 0 heterocycles. The van der Waals surface area contributed by atoms with Crippen molar-refractivity contribution in [2.75, 3.05) is 0 Å². The smallest absolute Gasteiger partial charge is 0.335 e. The monoisotopic (exact) mass is 328 g/mol. The summed E-state index contributed by atoms with van der Waals surface area (Å²) in [4.78, 5) is 21.1. The van der Waals surface area contributed by atoms with Crippen LogP contribution in [0.4, 0.5) is 5.69 Å². The lowest BCUT2D eigenvalue weighted by molar-refractivity contribution is -0.384. The molecule has 0 unspecified atom stereocenters. The average Bonchev–Trinajstić information content (AvgIpc) is 2.54. The maximum absolute atomic E-state index is 10.8. The van der Waals surface area contributed by atoms with Crippen molar-refractivity contribution in [1.82, 2.24) is 0 Å². The highest BCUT2D eigenvalue weighted by Gasteiger charge is 2.10. The topological polar surface area (TPSA) is 104 Å². The number of halogens is 1. The van der Waals surface area contributed by atoms with Crippen LogP contribution in [0.1, 0.15) is 21.5 Å². The number of nitrogens with zero attached hydrogens (tertiary/aromatic N) is 2. The van der Waals surface area contributed by atoms with E-state index in [2.05, 4.69) is 0 Å². The quantitative estimate of drug-likeness (QED) is 0.395. The van der Waals surface area contributed by atoms with Gasteiger partial charge >= 0.3 is 5.97 Å². The molecule has 0 aromatic heterocycles. The van der Waals surface area contributed by atoms with Gasteiger partial charge in [-0.15, -0.1) is 0 Å². The second-order valence-corrected chi connectivity index (χ2v) is 4.92. The van der Waals surface area contributed by atoms with Crippen molar-refractivity contribution in [3.63, 3.8) is 0 Å². The number of carboxylic acids is 1. The third kappa shape index (κ3) is 3.73. The van der Waals surface area contributed by atoms with Gasteiger partial charge in [0.2, 0.25) is 0 Å². The van der Waals surface area contributed by atoms with E-state index in [9.17, 15) is 20.2 Å². The molecule has 0 atom stereocenters. The summed E-state index contributed by atoms with van der Waals surface area (Å²) in [6.07, 6.45) is 1.42. The van der Waals surface area contributed by atoms with E-state index in [0.717, 1.165) is 0 Å². The molecule has 0 aliphatic carbocycles. The highest BCUT2D eigenvalue weighted by Crippen LogP contribution is 2.26. The summed E-state index contributed by atoms with van der Waals surface area (Å²) < 4.78 is 0. The molecular formula is C16H9ClN2O4. The molecule has 0 radical (unpaired) electrons. The molecule has 7 heteroatoms. The van der Waals surface area contributed by atoms with E-state index in [1.165, 1.54) is 48.5 Å². The normalized spacial score (nSPS) is 10.9. The predicted molar refractivity (Wildman–Crippen MR) is 85.0 cm³/mol. The maximum atomic E-state index is 10.8. The SMILES string of the molecule is N#C/C(=C/c1cc([N+](=O)[O-])ccc1Cl)c1ccc(C(=O)O)cc1. The Balaban J connectivity index is 2.47. The van der Waals surface area contributed by atoms with E-state index in [0.29, 0.717) is 11.1 Å². The van der Waals surface area contributed by atoms with Crippen LogP contribution in [0, 0.1) is 21.4 Å². The number of benzene rings is 2. The van der Waals surface area contributed by atoms with Crippen LogP contribution in [-0.2, 0) is 0 Å². The maximum Gasteiger partial charge on any atom is 0.335 e. The van der Waals surface area contributed by atoms with E-state index in [1.54, 1.807) is 0 Å². The fourth-order valence-corrected chi connectivity index (χ4v) is 2.06. The summed E-state index contributed by atoms with van der Waals surface area (Å²) in [5.41, 5.74) is 0.989. The van der Waals surface area contributed by atoms with Crippen molar-refractivity contribution < 1.29 is 14.8 Å². The van der Waals surface area contributed by atoms with Crippen LogP contribution in [0.25, 0.3) is 11.6 Å². The Kier molecular flexibility index (Phi) is 4.74. The summed E-state index contributed by atoms with van der Waals surface area (Å²) in [6.45, 7) is 0. The van der Waals surface area contributed by atoms with E-state index in [1.807, 2.05) is 6.07 Å². The molecule has 0 saturated heterocycles. The number of nitro groups is 1. The van der Waals surface area contributed by atoms with Crippen LogP contribution < -0.4 is 0 Å². The molecule has 0 bridgehead atoms. The molecule has 0 aliphatic heterocycles. The zero-order chi connectivity index (χ0) is 17.0. The van der Waals surface area contributed by atoms with E-state index >= 15 is 0 Å². The molecule has 23 heavy (non-hydrogen) atoms. The molecule has 2 aromatic rings. The summed E-state index contributed by atoms with van der Waals surface area (Å²) >= 11 is 6.00. The molecule has 1 N–H and O–H groups in total. The minimum atomic E-state index is -1.07. The summed E-state index contributed by atoms with van der Waals surface area (Å²) in [5.74, 6) is -1.07. The second kappa shape index (κ2) is 6.73. The summed E-state index contributed by atoms with van der Waals surface area (Å²) in [7, 11) is 0. The number of rotatable bonds is 4. The predicted octanol–water partition coefficient (Wildman–Crippen LogP) is 4.01. The zero-order valence-electron chi connectivity index (χ0n) is 11.6. The molecule has 0 spiro atoms. The van der Waals surface area contributed by atoms with Gasteiger partial charge in [-0.1, -0.05) is 23.7 Å². The lowest BCUT2D eigenvalue weighted by Crippen LogP contribution is -1.95. The number of nitriles is 1. The van der Waals surface area contributed by atoms with Gasteiger partial charge < -0.3 is 5.11 Å². The highest BCUT2D eigenvalue weighted by atomic mass is 35.5. The molecule has 6 nitrogen and oxygen atoms in total. The molecule has 0 aliphatic rings. The Hall–Kier alpha value is -3.17. The number of hydrogen-bond acceptors (Lipinski definition) is 4. The molecule has 0 saturated carbocycles. The van der Waals surface area contributed by atoms with Gasteiger partial charge in [-0.25, -0.2) is 4.79 Å². The van der Waals surface area contributed by atoms with Crippen LogP contribution in [0.5, 0.6) is 0 Å². The fourth-order valence-electron chi connectivity index (χ4n) is 1.88. The third-order valence-electron chi connectivity index (χ3n) is 3.05. The van der Waals surface area contributed by atoms with Crippen LogP contribution in [0.2, 0.25) is 5.02 Å². The summed E-state index contributed by atoms with van der Waals surface area (Å²) in [5, 5.41) is 29.2. The van der Waals surface area contributed by atoms with Crippen molar-refractivity contribution >= 4 is 34.9 Å². The van der Waals surface area contributed by atoms with Gasteiger partial charge in [0, 0.05) is 22.7 Å². The van der Waals surface area contributed by atoms with Crippen LogP contribution in [0.3, 0.4) is 0 Å². The largest absolute Gasteiger partial charge is 0.478 e. The Morgan fingerprint density at radius 1 is 1.22 bits per heavy atom. The van der Waals surface area contributed by atoms with Crippen LogP contribution >= 0.6 is 11.6 Å². The van der Waals surface area contributed by atoms with Gasteiger partial charge in [0.15, 0.2) is 0 Å². The Labute approximate surface area is 136 Å². The first-order valence-corrected chi connectivity index (χ1v) is 6.69. The first-order chi connectivity index (χ1) is 10.9. The van der Waals surface area contributed by atoms with Gasteiger partial charge in [0.25, 0.3) is 5.69 Å². The number of nitro benzene ring substituents is 1. The molecule has 0 fully saturated rings. The van der Waals surface area contributed by atoms with Crippen molar-refractivity contribution in [2.24, 2.45) is 0 Å². The fraction of sp³-hybridized carbons (Fsp3) is 0. The van der Waals surface area contributed by atoms with Crippen molar-refractivity contribution in [2.45, 2.75) is 0 Å². The van der Waals surface area contributed by atoms with E-state index < -0.39 is 10.9 Å². The second-order valence-electron chi connectivity index (χ2n) is 4.52. The minimum Gasteiger partial charge on any atom is -0.478 e. The standard InChI is InChI=1S/C16H9ClN2O4/c17-15-6-5-14(19(22)23)8-12(15)7-13(9-18)10-1-3-11(4-2-10)16(20)21/h1-8H,(H,20,21)/b13-7-. The van der Waals surface area contributed by atoms with Gasteiger partial charge in [-0.05, 0) is 29.8 Å². The van der Waals surface area contributed by atoms with Crippen molar-refractivity contribution in [3.8, 4) is 6.07 Å². The minimum absolute atomic E-state index is 0.0967. The molecule has 2 aromatic carbocycles. The van der Waals surface area contributed by atoms with Gasteiger partial charge in [0.05, 0.1) is 22.1 Å². The summed E-state index contributed by atoms with van der Waals surface area (Å²) in [6, 6.07) is 11.6. The first-order valence-electron chi connectivity index (χ1n) is 6.32. The molecular weight excluding hydrogens is 320 g/mol. The number of carbonyl (C=O) groups is 1. The lowest BCUT2D eigenvalue weighted by Gasteiger charge is -2.03. The molecule has 114 valence electrons. The van der Waals surface area contributed by atoms with Gasteiger partial charge in [-0.3, -0.25) is 10.1 Å². The van der Waals surface area contributed by atoms with Crippen molar-refractivity contribution in [3.05, 3.63) is 74.3 Å². The number of allylic oxidation sites excluding steroid dienone is 1. The van der Waals surface area contributed by atoms with Gasteiger partial charge in [0.1, 0.15) is 0 Å². The van der Waals surface area contributed by atoms with E-state index in [4.69, 9.17) is 16.7 Å². The molecule has 2 rings (SSSR count). The Morgan fingerprint density at radius 2 is 1.83 bits per heavy atom.